The quantitative estimate of drug-likeness (QED) is 0.128. The Morgan fingerprint density at radius 1 is 0.333 bits per heavy atom. The van der Waals surface area contributed by atoms with Gasteiger partial charge in [0.05, 0.1) is 19.8 Å². The fourth-order valence-corrected chi connectivity index (χ4v) is 7.14. The highest BCUT2D eigenvalue weighted by Gasteiger charge is 2.30. The molecule has 4 rings (SSSR count). The van der Waals surface area contributed by atoms with Crippen molar-refractivity contribution in [3.63, 3.8) is 0 Å². The molecule has 1 heterocycles. The van der Waals surface area contributed by atoms with Gasteiger partial charge in [-0.25, -0.2) is 15.0 Å². The summed E-state index contributed by atoms with van der Waals surface area (Å²) in [4.78, 5) is 14.6. The van der Waals surface area contributed by atoms with Crippen molar-refractivity contribution in [1.29, 1.82) is 0 Å². The molecule has 0 spiro atoms. The van der Waals surface area contributed by atoms with Crippen molar-refractivity contribution in [1.82, 2.24) is 15.0 Å². The van der Waals surface area contributed by atoms with Crippen LogP contribution in [0.25, 0.3) is 0 Å². The highest BCUT2D eigenvalue weighted by molar-refractivity contribution is 5.54. The number of ether oxygens (including phenoxy) is 3. The van der Waals surface area contributed by atoms with Crippen molar-refractivity contribution in [3.05, 3.63) is 87.3 Å². The van der Waals surface area contributed by atoms with Crippen LogP contribution < -0.4 is 14.2 Å². The Labute approximate surface area is 361 Å². The zero-order valence-electron chi connectivity index (χ0n) is 40.1. The second kappa shape index (κ2) is 17.4. The summed E-state index contributed by atoms with van der Waals surface area (Å²) in [5, 5.41) is 33.7. The van der Waals surface area contributed by atoms with Crippen LogP contribution in [0.3, 0.4) is 0 Å². The molecule has 1 aromatic heterocycles. The molecule has 3 aromatic carbocycles. The number of phenols is 3. The molecule has 0 saturated carbocycles. The van der Waals surface area contributed by atoms with E-state index in [0.717, 1.165) is 33.4 Å². The average Bonchev–Trinajstić information content (AvgIpc) is 3.07. The molecular weight excluding hydrogens is 751 g/mol. The Bertz CT molecular complexity index is 1770. The van der Waals surface area contributed by atoms with Gasteiger partial charge >= 0.3 is 0 Å². The number of nitrogens with zero attached hydrogens (tertiary/aromatic N) is 3. The van der Waals surface area contributed by atoms with E-state index in [9.17, 15) is 15.3 Å². The molecule has 0 amide bonds. The van der Waals surface area contributed by atoms with E-state index in [-0.39, 0.29) is 32.5 Å². The van der Waals surface area contributed by atoms with Crippen molar-refractivity contribution in [2.75, 3.05) is 19.8 Å². The maximum atomic E-state index is 11.2. The van der Waals surface area contributed by atoms with Gasteiger partial charge in [0, 0.05) is 52.6 Å². The number of hydrogen-bond donors (Lipinski definition) is 3. The first-order valence-electron chi connectivity index (χ1n) is 21.5. The zero-order valence-corrected chi connectivity index (χ0v) is 40.1. The Morgan fingerprint density at radius 2 is 0.500 bits per heavy atom. The highest BCUT2D eigenvalue weighted by Crippen LogP contribution is 2.44. The molecule has 4 aromatic rings. The molecule has 9 nitrogen and oxygen atoms in total. The van der Waals surface area contributed by atoms with Gasteiger partial charge in [-0.05, 0) is 68.9 Å². The number of rotatable bonds is 12. The number of phenolic OH excluding ortho intramolecular Hbond substituents is 3. The number of benzene rings is 3. The SMILES string of the molecule is CC(C)(C)c1cc(OCCc2nc(CCOc3cc(C(C)(C)C)c(O)c(C(C)(C)C)c3)nc(CCOc3cc(C(C)(C)C)c(O)c(C(C)(C)C)c3)n2)cc(C(C)(C)C)c1O. The summed E-state index contributed by atoms with van der Waals surface area (Å²) >= 11 is 0. The maximum Gasteiger partial charge on any atom is 0.136 e. The summed E-state index contributed by atoms with van der Waals surface area (Å²) in [5.41, 5.74) is 3.35. The van der Waals surface area contributed by atoms with Crippen LogP contribution in [-0.2, 0) is 51.8 Å². The molecule has 0 aliphatic rings. The minimum absolute atomic E-state index is 0.281. The van der Waals surface area contributed by atoms with Crippen LogP contribution in [0, 0.1) is 0 Å². The third-order valence-electron chi connectivity index (χ3n) is 10.7. The molecule has 9 heteroatoms. The van der Waals surface area contributed by atoms with Gasteiger partial charge in [-0.1, -0.05) is 125 Å². The fourth-order valence-electron chi connectivity index (χ4n) is 7.14. The molecule has 0 saturated heterocycles. The van der Waals surface area contributed by atoms with Crippen molar-refractivity contribution in [2.24, 2.45) is 0 Å². The highest BCUT2D eigenvalue weighted by atomic mass is 16.5. The van der Waals surface area contributed by atoms with E-state index in [1.54, 1.807) is 0 Å². The lowest BCUT2D eigenvalue weighted by atomic mass is 9.79. The van der Waals surface area contributed by atoms with Gasteiger partial charge in [0.25, 0.3) is 0 Å². The largest absolute Gasteiger partial charge is 0.507 e. The smallest absolute Gasteiger partial charge is 0.136 e. The van der Waals surface area contributed by atoms with Gasteiger partial charge in [-0.3, -0.25) is 0 Å². The third-order valence-corrected chi connectivity index (χ3v) is 10.7. The number of aromatic nitrogens is 3. The second-order valence-electron chi connectivity index (χ2n) is 22.5. The maximum absolute atomic E-state index is 11.2. The normalized spacial score (nSPS) is 13.1. The first-order valence-corrected chi connectivity index (χ1v) is 21.5. The number of hydrogen-bond acceptors (Lipinski definition) is 9. The molecule has 0 bridgehead atoms. The minimum Gasteiger partial charge on any atom is -0.507 e. The lowest BCUT2D eigenvalue weighted by Crippen LogP contribution is -2.19. The first kappa shape index (κ1) is 48.1. The van der Waals surface area contributed by atoms with E-state index < -0.39 is 0 Å². The van der Waals surface area contributed by atoms with E-state index in [1.165, 1.54) is 0 Å². The van der Waals surface area contributed by atoms with Crippen molar-refractivity contribution in [2.45, 2.75) is 176 Å². The summed E-state index contributed by atoms with van der Waals surface area (Å²) in [7, 11) is 0. The summed E-state index contributed by atoms with van der Waals surface area (Å²) < 4.78 is 19.1. The predicted octanol–water partition coefficient (Wildman–Crippen LogP) is 11.6. The van der Waals surface area contributed by atoms with Gasteiger partial charge in [-0.15, -0.1) is 0 Å². The molecule has 0 aliphatic carbocycles. The van der Waals surface area contributed by atoms with Gasteiger partial charge < -0.3 is 29.5 Å². The van der Waals surface area contributed by atoms with Crippen molar-refractivity contribution < 1.29 is 29.5 Å². The lowest BCUT2D eigenvalue weighted by Gasteiger charge is -2.28. The zero-order chi connectivity index (χ0) is 45.4. The van der Waals surface area contributed by atoms with Crippen LogP contribution in [0.2, 0.25) is 0 Å². The van der Waals surface area contributed by atoms with Gasteiger partial charge in [0.1, 0.15) is 52.0 Å². The van der Waals surface area contributed by atoms with Crippen LogP contribution in [0.5, 0.6) is 34.5 Å². The van der Waals surface area contributed by atoms with Gasteiger partial charge in [0.15, 0.2) is 0 Å². The Hall–Kier alpha value is -4.53. The van der Waals surface area contributed by atoms with Crippen LogP contribution in [0.1, 0.15) is 175 Å². The van der Waals surface area contributed by atoms with Crippen LogP contribution in [-0.4, -0.2) is 50.1 Å². The Morgan fingerprint density at radius 3 is 0.650 bits per heavy atom. The van der Waals surface area contributed by atoms with Crippen LogP contribution in [0.4, 0.5) is 0 Å². The third kappa shape index (κ3) is 12.3. The molecule has 60 heavy (non-hydrogen) atoms. The average molecular weight is 826 g/mol. The summed E-state index contributed by atoms with van der Waals surface area (Å²) in [5.74, 6) is 4.81. The van der Waals surface area contributed by atoms with Crippen molar-refractivity contribution in [3.8, 4) is 34.5 Å². The van der Waals surface area contributed by atoms with E-state index >= 15 is 0 Å². The molecular formula is C51H75N3O6. The van der Waals surface area contributed by atoms with E-state index in [1.807, 2.05) is 36.4 Å². The molecule has 0 unspecified atom stereocenters. The second-order valence-corrected chi connectivity index (χ2v) is 22.5. The van der Waals surface area contributed by atoms with E-state index in [2.05, 4.69) is 125 Å². The van der Waals surface area contributed by atoms with Crippen LogP contribution in [0.15, 0.2) is 36.4 Å². The molecule has 0 fully saturated rings. The van der Waals surface area contributed by atoms with Gasteiger partial charge in [-0.2, -0.15) is 0 Å². The standard InChI is InChI=1S/C51H75N3O6/c1-46(2,3)34-25-31(26-35(43(34)55)47(4,5)6)58-22-19-40-52-41(20-23-59-32-27-36(48(7,8)9)44(56)37(28-32)49(10,11)12)54-42(53-40)21-24-60-33-29-38(50(13,14)15)45(57)39(30-33)51(16,17)18/h25-30,55-57H,19-24H2,1-18H3. The molecule has 3 N–H and O–H groups in total. The van der Waals surface area contributed by atoms with Crippen molar-refractivity contribution >= 4 is 0 Å². The minimum atomic E-state index is -0.281. The topological polar surface area (TPSA) is 127 Å². The molecule has 330 valence electrons. The summed E-state index contributed by atoms with van der Waals surface area (Å²) in [6, 6.07) is 11.6. The monoisotopic (exact) mass is 826 g/mol. The summed E-state index contributed by atoms with van der Waals surface area (Å²) in [6.07, 6.45) is 1.31. The lowest BCUT2D eigenvalue weighted by molar-refractivity contribution is 0.306. The molecule has 0 aliphatic heterocycles. The Kier molecular flexibility index (Phi) is 14.0. The first-order chi connectivity index (χ1) is 27.3. The predicted molar refractivity (Wildman–Crippen MR) is 244 cm³/mol. The summed E-state index contributed by atoms with van der Waals surface area (Å²) in [6.45, 7) is 38.5. The molecule has 0 atom stereocenters. The van der Waals surface area contributed by atoms with Gasteiger partial charge in [0.2, 0.25) is 0 Å². The number of aromatic hydroxyl groups is 3. The Balaban J connectivity index is 1.63. The molecule has 0 radical (unpaired) electrons. The van der Waals surface area contributed by atoms with E-state index in [4.69, 9.17) is 29.2 Å². The van der Waals surface area contributed by atoms with E-state index in [0.29, 0.717) is 91.1 Å². The fraction of sp³-hybridized carbons (Fsp3) is 0.588. The van der Waals surface area contributed by atoms with Crippen LogP contribution >= 0.6 is 0 Å².